The number of hydrogen-bond donors (Lipinski definition) is 1. The largest absolute Gasteiger partial charge is 0.497 e. The van der Waals surface area contributed by atoms with Gasteiger partial charge in [-0.1, -0.05) is 19.1 Å². The van der Waals surface area contributed by atoms with Crippen LogP contribution in [0.5, 0.6) is 11.5 Å². The summed E-state index contributed by atoms with van der Waals surface area (Å²) in [5.74, 6) is 1.53. The Morgan fingerprint density at radius 2 is 1.90 bits per heavy atom. The number of methoxy groups -OCH3 is 1. The van der Waals surface area contributed by atoms with Crippen molar-refractivity contribution < 1.29 is 9.47 Å². The van der Waals surface area contributed by atoms with E-state index in [1.807, 2.05) is 37.3 Å². The van der Waals surface area contributed by atoms with Gasteiger partial charge in [-0.15, -0.1) is 0 Å². The summed E-state index contributed by atoms with van der Waals surface area (Å²) in [4.78, 5) is 4.24. The molecule has 1 unspecified atom stereocenters. The molecule has 0 bridgehead atoms. The third-order valence-electron chi connectivity index (χ3n) is 3.46. The van der Waals surface area contributed by atoms with Crippen LogP contribution in [0.4, 0.5) is 0 Å². The van der Waals surface area contributed by atoms with Crippen molar-refractivity contribution in [2.75, 3.05) is 13.7 Å². The Morgan fingerprint density at radius 3 is 2.62 bits per heavy atom. The van der Waals surface area contributed by atoms with Gasteiger partial charge in [-0.2, -0.15) is 0 Å². The highest BCUT2D eigenvalue weighted by molar-refractivity contribution is 5.41. The number of rotatable bonds is 6. The van der Waals surface area contributed by atoms with Gasteiger partial charge in [0.05, 0.1) is 25.5 Å². The number of nitrogens with two attached hydrogens (primary N) is 1. The van der Waals surface area contributed by atoms with E-state index in [-0.39, 0.29) is 0 Å². The van der Waals surface area contributed by atoms with E-state index >= 15 is 0 Å². The Hall–Kier alpha value is -2.07. The molecule has 1 aromatic carbocycles. The predicted molar refractivity (Wildman–Crippen MR) is 83.7 cm³/mol. The standard InChI is InChI=1S/C17H22N2O2/c1-4-8-21-16-10-14(11-19-12-16)17(2,18)13-6-5-7-15(9-13)20-3/h5-7,9-12H,4,8,18H2,1-3H3. The molecule has 4 heteroatoms. The Morgan fingerprint density at radius 1 is 1.14 bits per heavy atom. The quantitative estimate of drug-likeness (QED) is 0.886. The highest BCUT2D eigenvalue weighted by Crippen LogP contribution is 2.30. The molecule has 21 heavy (non-hydrogen) atoms. The van der Waals surface area contributed by atoms with Crippen molar-refractivity contribution in [3.63, 3.8) is 0 Å². The molecular formula is C17H22N2O2. The van der Waals surface area contributed by atoms with E-state index in [1.165, 1.54) is 0 Å². The number of pyridine rings is 1. The van der Waals surface area contributed by atoms with Gasteiger partial charge in [-0.3, -0.25) is 4.98 Å². The molecule has 2 N–H and O–H groups in total. The normalized spacial score (nSPS) is 13.5. The molecule has 0 spiro atoms. The first-order valence-corrected chi connectivity index (χ1v) is 7.09. The molecule has 0 aliphatic carbocycles. The fraction of sp³-hybridized carbons (Fsp3) is 0.353. The fourth-order valence-electron chi connectivity index (χ4n) is 2.11. The molecule has 4 nitrogen and oxygen atoms in total. The van der Waals surface area contributed by atoms with E-state index in [0.29, 0.717) is 6.61 Å². The molecule has 0 fully saturated rings. The average molecular weight is 286 g/mol. The maximum atomic E-state index is 6.53. The van der Waals surface area contributed by atoms with Crippen LogP contribution in [0.3, 0.4) is 0 Å². The lowest BCUT2D eigenvalue weighted by atomic mass is 9.86. The zero-order chi connectivity index (χ0) is 15.3. The second kappa shape index (κ2) is 6.59. The van der Waals surface area contributed by atoms with Crippen LogP contribution < -0.4 is 15.2 Å². The molecule has 0 saturated carbocycles. The topological polar surface area (TPSA) is 57.4 Å². The lowest BCUT2D eigenvalue weighted by Gasteiger charge is -2.26. The predicted octanol–water partition coefficient (Wildman–Crippen LogP) is 3.10. The number of ether oxygens (including phenoxy) is 2. The minimum absolute atomic E-state index is 0.660. The highest BCUT2D eigenvalue weighted by atomic mass is 16.5. The van der Waals surface area contributed by atoms with Crippen molar-refractivity contribution in [2.45, 2.75) is 25.8 Å². The van der Waals surface area contributed by atoms with Gasteiger partial charge in [0.2, 0.25) is 0 Å². The van der Waals surface area contributed by atoms with E-state index in [0.717, 1.165) is 29.0 Å². The molecule has 0 aliphatic heterocycles. The third-order valence-corrected chi connectivity index (χ3v) is 3.46. The van der Waals surface area contributed by atoms with Gasteiger partial charge in [0.25, 0.3) is 0 Å². The first kappa shape index (κ1) is 15.3. The zero-order valence-corrected chi connectivity index (χ0v) is 12.8. The van der Waals surface area contributed by atoms with Crippen molar-refractivity contribution in [2.24, 2.45) is 5.73 Å². The van der Waals surface area contributed by atoms with Crippen molar-refractivity contribution in [1.29, 1.82) is 0 Å². The maximum absolute atomic E-state index is 6.53. The van der Waals surface area contributed by atoms with Gasteiger partial charge in [0.15, 0.2) is 0 Å². The summed E-state index contributed by atoms with van der Waals surface area (Å²) < 4.78 is 10.9. The number of hydrogen-bond acceptors (Lipinski definition) is 4. The average Bonchev–Trinajstić information content (AvgIpc) is 2.53. The number of nitrogens with zero attached hydrogens (tertiary/aromatic N) is 1. The second-order valence-corrected chi connectivity index (χ2v) is 5.19. The van der Waals surface area contributed by atoms with Crippen LogP contribution in [0.1, 0.15) is 31.4 Å². The van der Waals surface area contributed by atoms with Gasteiger partial charge >= 0.3 is 0 Å². The molecule has 2 rings (SSSR count). The molecule has 1 heterocycles. The van der Waals surface area contributed by atoms with Crippen molar-refractivity contribution in [3.8, 4) is 11.5 Å². The van der Waals surface area contributed by atoms with Gasteiger partial charge in [0.1, 0.15) is 11.5 Å². The lowest BCUT2D eigenvalue weighted by molar-refractivity contribution is 0.315. The second-order valence-electron chi connectivity index (χ2n) is 5.19. The van der Waals surface area contributed by atoms with Crippen molar-refractivity contribution >= 4 is 0 Å². The van der Waals surface area contributed by atoms with Crippen molar-refractivity contribution in [3.05, 3.63) is 53.9 Å². The summed E-state index contributed by atoms with van der Waals surface area (Å²) >= 11 is 0. The summed E-state index contributed by atoms with van der Waals surface area (Å²) in [5, 5.41) is 0. The Labute approximate surface area is 125 Å². The maximum Gasteiger partial charge on any atom is 0.137 e. The molecule has 2 aromatic rings. The van der Waals surface area contributed by atoms with Crippen LogP contribution in [0, 0.1) is 0 Å². The smallest absolute Gasteiger partial charge is 0.137 e. The number of aromatic nitrogens is 1. The van der Waals surface area contributed by atoms with Crippen LogP contribution in [0.15, 0.2) is 42.7 Å². The van der Waals surface area contributed by atoms with Crippen LogP contribution in [-0.2, 0) is 5.54 Å². The van der Waals surface area contributed by atoms with Gasteiger partial charge in [-0.05, 0) is 42.7 Å². The zero-order valence-electron chi connectivity index (χ0n) is 12.8. The van der Waals surface area contributed by atoms with E-state index in [2.05, 4.69) is 11.9 Å². The third kappa shape index (κ3) is 3.52. The Kier molecular flexibility index (Phi) is 4.81. The molecule has 0 radical (unpaired) electrons. The molecule has 0 saturated heterocycles. The summed E-state index contributed by atoms with van der Waals surface area (Å²) in [7, 11) is 1.65. The minimum Gasteiger partial charge on any atom is -0.497 e. The summed E-state index contributed by atoms with van der Waals surface area (Å²) in [6, 6.07) is 9.71. The molecule has 112 valence electrons. The highest BCUT2D eigenvalue weighted by Gasteiger charge is 2.25. The summed E-state index contributed by atoms with van der Waals surface area (Å²) in [6.07, 6.45) is 4.44. The lowest BCUT2D eigenvalue weighted by Crippen LogP contribution is -2.34. The monoisotopic (exact) mass is 286 g/mol. The van der Waals surface area contributed by atoms with Crippen LogP contribution in [0.2, 0.25) is 0 Å². The Bertz CT molecular complexity index is 597. The van der Waals surface area contributed by atoms with E-state index in [9.17, 15) is 0 Å². The first-order chi connectivity index (χ1) is 10.1. The van der Waals surface area contributed by atoms with Crippen LogP contribution in [0.25, 0.3) is 0 Å². The summed E-state index contributed by atoms with van der Waals surface area (Å²) in [5.41, 5.74) is 7.75. The summed E-state index contributed by atoms with van der Waals surface area (Å²) in [6.45, 7) is 4.70. The van der Waals surface area contributed by atoms with E-state index in [4.69, 9.17) is 15.2 Å². The minimum atomic E-state index is -0.660. The van der Waals surface area contributed by atoms with Crippen LogP contribution >= 0.6 is 0 Å². The first-order valence-electron chi connectivity index (χ1n) is 7.09. The molecule has 0 aliphatic rings. The molecular weight excluding hydrogens is 264 g/mol. The van der Waals surface area contributed by atoms with Gasteiger partial charge in [0, 0.05) is 6.20 Å². The molecule has 1 aromatic heterocycles. The SMILES string of the molecule is CCCOc1cncc(C(C)(N)c2cccc(OC)c2)c1. The molecule has 1 atom stereocenters. The van der Waals surface area contributed by atoms with E-state index in [1.54, 1.807) is 19.5 Å². The van der Waals surface area contributed by atoms with Crippen molar-refractivity contribution in [1.82, 2.24) is 4.98 Å². The van der Waals surface area contributed by atoms with Gasteiger partial charge in [-0.25, -0.2) is 0 Å². The Balaban J connectivity index is 2.33. The number of benzene rings is 1. The van der Waals surface area contributed by atoms with E-state index < -0.39 is 5.54 Å². The molecule has 0 amide bonds. The van der Waals surface area contributed by atoms with Crippen LogP contribution in [-0.4, -0.2) is 18.7 Å². The fourth-order valence-corrected chi connectivity index (χ4v) is 2.11. The van der Waals surface area contributed by atoms with Gasteiger partial charge < -0.3 is 15.2 Å².